The molecule has 1 aliphatic heterocycles. The third-order valence-electron chi connectivity index (χ3n) is 2.43. The molecule has 0 N–H and O–H groups in total. The smallest absolute Gasteiger partial charge is 0.357 e. The lowest BCUT2D eigenvalue weighted by molar-refractivity contribution is 0.0518. The predicted octanol–water partition coefficient (Wildman–Crippen LogP) is 1.50. The van der Waals surface area contributed by atoms with Gasteiger partial charge in [-0.2, -0.15) is 0 Å². The van der Waals surface area contributed by atoms with Crippen LogP contribution in [0.4, 0.5) is 0 Å². The van der Waals surface area contributed by atoms with Gasteiger partial charge < -0.3 is 9.47 Å². The Labute approximate surface area is 93.8 Å². The second-order valence-corrected chi connectivity index (χ2v) is 3.55. The van der Waals surface area contributed by atoms with Crippen LogP contribution in [0.15, 0.2) is 12.4 Å². The van der Waals surface area contributed by atoms with Crippen molar-refractivity contribution in [2.45, 2.75) is 25.9 Å². The van der Waals surface area contributed by atoms with Gasteiger partial charge in [0.2, 0.25) is 0 Å². The summed E-state index contributed by atoms with van der Waals surface area (Å²) >= 11 is 0. The number of rotatable bonds is 3. The molecule has 0 unspecified atom stereocenters. The largest absolute Gasteiger partial charge is 0.461 e. The minimum absolute atomic E-state index is 0.00354. The number of ether oxygens (including phenoxy) is 2. The number of hydrogen-bond acceptors (Lipinski definition) is 5. The molecule has 5 heteroatoms. The van der Waals surface area contributed by atoms with Crippen LogP contribution >= 0.6 is 0 Å². The summed E-state index contributed by atoms with van der Waals surface area (Å²) in [5.41, 5.74) is 1.05. The average Bonchev–Trinajstić information content (AvgIpc) is 2.83. The van der Waals surface area contributed by atoms with Gasteiger partial charge in [-0.3, -0.25) is 0 Å². The molecule has 16 heavy (non-hydrogen) atoms. The minimum atomic E-state index is -0.413. The molecule has 0 bridgehead atoms. The van der Waals surface area contributed by atoms with Gasteiger partial charge in [-0.05, 0) is 25.8 Å². The van der Waals surface area contributed by atoms with Crippen molar-refractivity contribution < 1.29 is 14.3 Å². The van der Waals surface area contributed by atoms with Gasteiger partial charge in [-0.1, -0.05) is 0 Å². The zero-order valence-electron chi connectivity index (χ0n) is 9.18. The van der Waals surface area contributed by atoms with Crippen LogP contribution in [0.3, 0.4) is 0 Å². The molecule has 1 aliphatic rings. The fraction of sp³-hybridized carbons (Fsp3) is 0.545. The number of carbonyl (C=O) groups is 1. The van der Waals surface area contributed by atoms with E-state index in [0.717, 1.165) is 25.1 Å². The molecular formula is C11H14N2O3. The fourth-order valence-corrected chi connectivity index (χ4v) is 1.68. The summed E-state index contributed by atoms with van der Waals surface area (Å²) in [6.07, 6.45) is 3.35. The molecule has 0 radical (unpaired) electrons. The molecule has 1 fully saturated rings. The van der Waals surface area contributed by atoms with Gasteiger partial charge in [0, 0.05) is 6.61 Å². The summed E-state index contributed by atoms with van der Waals surface area (Å²) in [5.74, 6) is -0.413. The van der Waals surface area contributed by atoms with Crippen molar-refractivity contribution in [2.75, 3.05) is 13.2 Å². The highest BCUT2D eigenvalue weighted by atomic mass is 16.5. The first-order chi connectivity index (χ1) is 7.81. The van der Waals surface area contributed by atoms with Gasteiger partial charge in [0.1, 0.15) is 6.33 Å². The Kier molecular flexibility index (Phi) is 3.46. The monoisotopic (exact) mass is 222 g/mol. The van der Waals surface area contributed by atoms with Crippen molar-refractivity contribution in [2.24, 2.45) is 0 Å². The first-order valence-electron chi connectivity index (χ1n) is 5.42. The van der Waals surface area contributed by atoms with Crippen molar-refractivity contribution in [3.8, 4) is 0 Å². The molecule has 0 saturated carbocycles. The Morgan fingerprint density at radius 1 is 1.62 bits per heavy atom. The van der Waals surface area contributed by atoms with Crippen LogP contribution in [0.1, 0.15) is 42.1 Å². The molecule has 0 aromatic carbocycles. The zero-order chi connectivity index (χ0) is 11.4. The number of nitrogens with zero attached hydrogens (tertiary/aromatic N) is 2. The van der Waals surface area contributed by atoms with Gasteiger partial charge >= 0.3 is 5.97 Å². The van der Waals surface area contributed by atoms with Crippen molar-refractivity contribution in [1.82, 2.24) is 9.97 Å². The maximum atomic E-state index is 11.5. The van der Waals surface area contributed by atoms with E-state index in [1.807, 2.05) is 0 Å². The van der Waals surface area contributed by atoms with Crippen LogP contribution in [0.25, 0.3) is 0 Å². The van der Waals surface area contributed by atoms with Crippen LogP contribution in [0, 0.1) is 0 Å². The maximum Gasteiger partial charge on any atom is 0.357 e. The lowest BCUT2D eigenvalue weighted by Crippen LogP contribution is -2.09. The number of carbonyl (C=O) groups excluding carboxylic acids is 1. The van der Waals surface area contributed by atoms with Crippen molar-refractivity contribution in [3.63, 3.8) is 0 Å². The summed E-state index contributed by atoms with van der Waals surface area (Å²) in [5, 5.41) is 0. The molecule has 2 heterocycles. The second kappa shape index (κ2) is 5.03. The Balaban J connectivity index is 2.15. The molecule has 1 aromatic rings. The summed E-state index contributed by atoms with van der Waals surface area (Å²) in [7, 11) is 0. The predicted molar refractivity (Wildman–Crippen MR) is 55.9 cm³/mol. The fourth-order valence-electron chi connectivity index (χ4n) is 1.68. The van der Waals surface area contributed by atoms with Crippen molar-refractivity contribution in [1.29, 1.82) is 0 Å². The molecule has 0 spiro atoms. The van der Waals surface area contributed by atoms with E-state index >= 15 is 0 Å². The van der Waals surface area contributed by atoms with Crippen molar-refractivity contribution >= 4 is 5.97 Å². The number of esters is 1. The Hall–Kier alpha value is -1.49. The molecule has 86 valence electrons. The minimum Gasteiger partial charge on any atom is -0.461 e. The second-order valence-electron chi connectivity index (χ2n) is 3.55. The third-order valence-corrected chi connectivity index (χ3v) is 2.43. The van der Waals surface area contributed by atoms with Crippen molar-refractivity contribution in [3.05, 3.63) is 23.8 Å². The lowest BCUT2D eigenvalue weighted by atomic mass is 10.1. The normalized spacial score (nSPS) is 19.7. The topological polar surface area (TPSA) is 61.3 Å². The molecular weight excluding hydrogens is 208 g/mol. The molecule has 0 aliphatic carbocycles. The summed E-state index contributed by atoms with van der Waals surface area (Å²) in [6.45, 7) is 2.86. The van der Waals surface area contributed by atoms with Gasteiger partial charge in [0.05, 0.1) is 18.4 Å². The SMILES string of the molecule is CCOC(=O)c1cc([C@@H]2CCCO2)ncn1. The highest BCUT2D eigenvalue weighted by molar-refractivity contribution is 5.87. The summed E-state index contributed by atoms with van der Waals surface area (Å²) in [6, 6.07) is 1.65. The van der Waals surface area contributed by atoms with E-state index in [0.29, 0.717) is 12.3 Å². The van der Waals surface area contributed by atoms with E-state index in [2.05, 4.69) is 9.97 Å². The molecule has 1 atom stereocenters. The van der Waals surface area contributed by atoms with Crippen LogP contribution in [0.5, 0.6) is 0 Å². The van der Waals surface area contributed by atoms with Gasteiger partial charge in [-0.15, -0.1) is 0 Å². The van der Waals surface area contributed by atoms with Crippen LogP contribution in [0.2, 0.25) is 0 Å². The van der Waals surface area contributed by atoms with Crippen LogP contribution in [-0.2, 0) is 9.47 Å². The van der Waals surface area contributed by atoms with Crippen LogP contribution < -0.4 is 0 Å². The number of aromatic nitrogens is 2. The molecule has 1 saturated heterocycles. The average molecular weight is 222 g/mol. The highest BCUT2D eigenvalue weighted by Crippen LogP contribution is 2.26. The maximum absolute atomic E-state index is 11.5. The first kappa shape index (κ1) is 11.0. The summed E-state index contributed by atoms with van der Waals surface area (Å²) in [4.78, 5) is 19.5. The quantitative estimate of drug-likeness (QED) is 0.725. The van der Waals surface area contributed by atoms with E-state index in [1.54, 1.807) is 13.0 Å². The van der Waals surface area contributed by atoms with Gasteiger partial charge in [0.15, 0.2) is 5.69 Å². The molecule has 0 amide bonds. The Morgan fingerprint density at radius 3 is 3.19 bits per heavy atom. The Bertz CT molecular complexity index is 375. The Morgan fingerprint density at radius 2 is 2.50 bits per heavy atom. The molecule has 5 nitrogen and oxygen atoms in total. The first-order valence-corrected chi connectivity index (χ1v) is 5.42. The van der Waals surface area contributed by atoms with E-state index < -0.39 is 5.97 Å². The lowest BCUT2D eigenvalue weighted by Gasteiger charge is -2.08. The van der Waals surface area contributed by atoms with E-state index in [9.17, 15) is 4.79 Å². The molecule has 2 rings (SSSR count). The number of hydrogen-bond donors (Lipinski definition) is 0. The van der Waals surface area contributed by atoms with E-state index in [4.69, 9.17) is 9.47 Å². The summed E-state index contributed by atoms with van der Waals surface area (Å²) < 4.78 is 10.4. The van der Waals surface area contributed by atoms with E-state index in [-0.39, 0.29) is 6.10 Å². The third kappa shape index (κ3) is 2.36. The van der Waals surface area contributed by atoms with Crippen LogP contribution in [-0.4, -0.2) is 29.2 Å². The standard InChI is InChI=1S/C11H14N2O3/c1-2-15-11(14)9-6-8(12-7-13-9)10-4-3-5-16-10/h6-7,10H,2-5H2,1H3/t10-/m0/s1. The zero-order valence-corrected chi connectivity index (χ0v) is 9.18. The van der Waals surface area contributed by atoms with Gasteiger partial charge in [-0.25, -0.2) is 14.8 Å². The highest BCUT2D eigenvalue weighted by Gasteiger charge is 2.20. The van der Waals surface area contributed by atoms with E-state index in [1.165, 1.54) is 6.33 Å². The molecule has 1 aromatic heterocycles. The van der Waals surface area contributed by atoms with Gasteiger partial charge in [0.25, 0.3) is 0 Å².